The Kier molecular flexibility index (Phi) is 2.68. The molecule has 5 heteroatoms. The summed E-state index contributed by atoms with van der Waals surface area (Å²) in [6.45, 7) is 3.56. The number of ether oxygens (including phenoxy) is 1. The Morgan fingerprint density at radius 2 is 1.94 bits per heavy atom. The summed E-state index contributed by atoms with van der Waals surface area (Å²) in [7, 11) is 0. The molecule has 1 aromatic heterocycles. The van der Waals surface area contributed by atoms with E-state index in [0.29, 0.717) is 11.5 Å². The van der Waals surface area contributed by atoms with Crippen molar-refractivity contribution < 1.29 is 14.1 Å². The first-order valence-corrected chi connectivity index (χ1v) is 4.74. The van der Waals surface area contributed by atoms with Gasteiger partial charge in [0, 0.05) is 6.92 Å². The van der Waals surface area contributed by atoms with Gasteiger partial charge in [-0.2, -0.15) is 4.98 Å². The number of aromatic nitrogens is 2. The average Bonchev–Trinajstić information content (AvgIpc) is 2.65. The Balaban J connectivity index is 2.11. The van der Waals surface area contributed by atoms with Gasteiger partial charge in [-0.15, -0.1) is 0 Å². The smallest absolute Gasteiger partial charge is 0.362 e. The summed E-state index contributed by atoms with van der Waals surface area (Å²) in [5.74, 6) is -0.146. The summed E-state index contributed by atoms with van der Waals surface area (Å²) >= 11 is 0. The van der Waals surface area contributed by atoms with Crippen LogP contribution in [-0.4, -0.2) is 16.1 Å². The average molecular weight is 218 g/mol. The van der Waals surface area contributed by atoms with E-state index in [4.69, 9.17) is 4.74 Å². The van der Waals surface area contributed by atoms with Crippen LogP contribution in [0.2, 0.25) is 0 Å². The van der Waals surface area contributed by atoms with Crippen molar-refractivity contribution in [3.63, 3.8) is 0 Å². The van der Waals surface area contributed by atoms with E-state index >= 15 is 0 Å². The summed E-state index contributed by atoms with van der Waals surface area (Å²) in [6.07, 6.45) is 0. The third kappa shape index (κ3) is 2.25. The molecule has 2 aromatic rings. The van der Waals surface area contributed by atoms with Gasteiger partial charge >= 0.3 is 12.0 Å². The molecule has 0 aliphatic rings. The van der Waals surface area contributed by atoms with Gasteiger partial charge in [-0.25, -0.2) is 4.79 Å². The lowest BCUT2D eigenvalue weighted by atomic mass is 10.2. The van der Waals surface area contributed by atoms with Crippen molar-refractivity contribution in [3.8, 4) is 6.01 Å². The number of hydrogen-bond donors (Lipinski definition) is 0. The summed E-state index contributed by atoms with van der Waals surface area (Å²) in [6, 6.07) is 6.97. The number of carbonyl (C=O) groups is 1. The molecule has 0 radical (unpaired) electrons. The molecular weight excluding hydrogens is 208 g/mol. The van der Waals surface area contributed by atoms with Gasteiger partial charge in [0.15, 0.2) is 0 Å². The van der Waals surface area contributed by atoms with Crippen LogP contribution in [0.25, 0.3) is 0 Å². The molecule has 16 heavy (non-hydrogen) atoms. The van der Waals surface area contributed by atoms with Crippen LogP contribution in [0, 0.1) is 13.8 Å². The van der Waals surface area contributed by atoms with Crippen LogP contribution in [0.5, 0.6) is 6.01 Å². The van der Waals surface area contributed by atoms with Gasteiger partial charge < -0.3 is 9.26 Å². The van der Waals surface area contributed by atoms with Crippen LogP contribution >= 0.6 is 0 Å². The Labute approximate surface area is 92.0 Å². The van der Waals surface area contributed by atoms with Gasteiger partial charge in [0.25, 0.3) is 0 Å². The first-order valence-electron chi connectivity index (χ1n) is 4.74. The molecule has 0 atom stereocenters. The minimum absolute atomic E-state index is 0.0666. The highest BCUT2D eigenvalue weighted by Crippen LogP contribution is 2.09. The van der Waals surface area contributed by atoms with Crippen LogP contribution in [-0.2, 0) is 0 Å². The molecule has 1 aromatic carbocycles. The summed E-state index contributed by atoms with van der Waals surface area (Å²) in [5, 5.41) is 3.47. The highest BCUT2D eigenvalue weighted by atomic mass is 16.6. The molecular formula is C11H10N2O3. The van der Waals surface area contributed by atoms with Gasteiger partial charge in [-0.1, -0.05) is 17.7 Å². The first-order chi connectivity index (χ1) is 7.65. The predicted molar refractivity (Wildman–Crippen MR) is 55.2 cm³/mol. The molecule has 0 unspecified atom stereocenters. The maximum absolute atomic E-state index is 11.6. The highest BCUT2D eigenvalue weighted by molar-refractivity contribution is 5.90. The van der Waals surface area contributed by atoms with Crippen LogP contribution in [0.4, 0.5) is 0 Å². The number of rotatable bonds is 2. The predicted octanol–water partition coefficient (Wildman–Crippen LogP) is 1.91. The number of aryl methyl sites for hydroxylation is 2. The van der Waals surface area contributed by atoms with Crippen molar-refractivity contribution in [2.75, 3.05) is 0 Å². The topological polar surface area (TPSA) is 65.2 Å². The molecule has 0 saturated heterocycles. The zero-order valence-corrected chi connectivity index (χ0v) is 8.93. The number of esters is 1. The first kappa shape index (κ1) is 10.4. The van der Waals surface area contributed by atoms with Crippen LogP contribution < -0.4 is 4.74 Å². The van der Waals surface area contributed by atoms with E-state index in [1.165, 1.54) is 0 Å². The van der Waals surface area contributed by atoms with Gasteiger partial charge in [0.05, 0.1) is 5.56 Å². The second-order valence-corrected chi connectivity index (χ2v) is 3.35. The number of benzene rings is 1. The Morgan fingerprint density at radius 1 is 1.25 bits per heavy atom. The molecule has 0 fully saturated rings. The molecule has 0 aliphatic heterocycles. The molecule has 82 valence electrons. The normalized spacial score (nSPS) is 10.1. The van der Waals surface area contributed by atoms with Gasteiger partial charge in [-0.05, 0) is 24.2 Å². The van der Waals surface area contributed by atoms with E-state index in [9.17, 15) is 4.79 Å². The highest BCUT2D eigenvalue weighted by Gasteiger charge is 2.11. The number of nitrogens with zero attached hydrogens (tertiary/aromatic N) is 2. The molecule has 0 saturated carbocycles. The van der Waals surface area contributed by atoms with Crippen LogP contribution in [0.15, 0.2) is 28.8 Å². The zero-order valence-electron chi connectivity index (χ0n) is 8.93. The van der Waals surface area contributed by atoms with Crippen molar-refractivity contribution in [2.24, 2.45) is 0 Å². The zero-order chi connectivity index (χ0) is 11.5. The molecule has 0 amide bonds. The molecule has 1 heterocycles. The molecule has 0 aliphatic carbocycles. The van der Waals surface area contributed by atoms with E-state index in [1.54, 1.807) is 19.1 Å². The lowest BCUT2D eigenvalue weighted by Crippen LogP contribution is -2.09. The summed E-state index contributed by atoms with van der Waals surface area (Å²) in [4.78, 5) is 15.4. The van der Waals surface area contributed by atoms with E-state index in [1.807, 2.05) is 19.1 Å². The Hall–Kier alpha value is -2.17. The van der Waals surface area contributed by atoms with E-state index in [-0.39, 0.29) is 6.01 Å². The van der Waals surface area contributed by atoms with E-state index in [0.717, 1.165) is 5.56 Å². The maximum atomic E-state index is 11.6. The fourth-order valence-corrected chi connectivity index (χ4v) is 1.15. The Morgan fingerprint density at radius 3 is 2.50 bits per heavy atom. The third-order valence-electron chi connectivity index (χ3n) is 1.98. The van der Waals surface area contributed by atoms with Crippen molar-refractivity contribution in [3.05, 3.63) is 41.3 Å². The second-order valence-electron chi connectivity index (χ2n) is 3.35. The van der Waals surface area contributed by atoms with Crippen molar-refractivity contribution in [2.45, 2.75) is 13.8 Å². The van der Waals surface area contributed by atoms with Crippen LogP contribution in [0.3, 0.4) is 0 Å². The van der Waals surface area contributed by atoms with Gasteiger partial charge in [-0.3, -0.25) is 0 Å². The number of carbonyl (C=O) groups excluding carboxylic acids is 1. The number of hydrogen-bond acceptors (Lipinski definition) is 5. The molecule has 0 spiro atoms. The summed E-state index contributed by atoms with van der Waals surface area (Å²) < 4.78 is 9.59. The minimum Gasteiger partial charge on any atom is -0.385 e. The Bertz CT molecular complexity index is 502. The SMILES string of the molecule is Cc1ccc(C(=O)Oc2noc(C)n2)cc1. The maximum Gasteiger partial charge on any atom is 0.362 e. The van der Waals surface area contributed by atoms with Gasteiger partial charge in [0.2, 0.25) is 5.89 Å². The summed E-state index contributed by atoms with van der Waals surface area (Å²) in [5.41, 5.74) is 1.53. The molecule has 0 bridgehead atoms. The third-order valence-corrected chi connectivity index (χ3v) is 1.98. The van der Waals surface area contributed by atoms with Crippen molar-refractivity contribution in [1.29, 1.82) is 0 Å². The fraction of sp³-hybridized carbons (Fsp3) is 0.182. The lowest BCUT2D eigenvalue weighted by molar-refractivity contribution is 0.0714. The molecule has 0 N–H and O–H groups in total. The van der Waals surface area contributed by atoms with Crippen molar-refractivity contribution >= 4 is 5.97 Å². The van der Waals surface area contributed by atoms with Crippen LogP contribution in [0.1, 0.15) is 21.8 Å². The minimum atomic E-state index is -0.499. The fourth-order valence-electron chi connectivity index (χ4n) is 1.15. The van der Waals surface area contributed by atoms with Crippen molar-refractivity contribution in [1.82, 2.24) is 10.1 Å². The largest absolute Gasteiger partial charge is 0.385 e. The molecule has 5 nitrogen and oxygen atoms in total. The quantitative estimate of drug-likeness (QED) is 0.720. The van der Waals surface area contributed by atoms with E-state index < -0.39 is 5.97 Å². The van der Waals surface area contributed by atoms with E-state index in [2.05, 4.69) is 14.7 Å². The van der Waals surface area contributed by atoms with Gasteiger partial charge in [0.1, 0.15) is 0 Å². The molecule has 2 rings (SSSR count). The monoisotopic (exact) mass is 218 g/mol. The standard InChI is InChI=1S/C11H10N2O3/c1-7-3-5-9(6-4-7)10(14)15-11-12-8(2)16-13-11/h3-6H,1-2H3. The lowest BCUT2D eigenvalue weighted by Gasteiger charge is -1.99. The second kappa shape index (κ2) is 4.14.